The number of hydrogen-bond acceptors (Lipinski definition) is 2. The van der Waals surface area contributed by atoms with Crippen molar-refractivity contribution in [3.8, 4) is 5.75 Å². The van der Waals surface area contributed by atoms with Crippen LogP contribution in [0.25, 0.3) is 0 Å². The highest BCUT2D eigenvalue weighted by Crippen LogP contribution is 2.17. The molecule has 0 radical (unpaired) electrons. The molecule has 0 aliphatic heterocycles. The third-order valence-electron chi connectivity index (χ3n) is 1.63. The van der Waals surface area contributed by atoms with E-state index in [0.29, 0.717) is 12.6 Å². The molecular formula is C10H11F2NO2. The molecule has 0 bridgehead atoms. The fourth-order valence-corrected chi connectivity index (χ4v) is 0.984. The van der Waals surface area contributed by atoms with E-state index in [1.165, 1.54) is 0 Å². The molecule has 15 heavy (non-hydrogen) atoms. The summed E-state index contributed by atoms with van der Waals surface area (Å²) in [5.41, 5.74) is 0. The highest BCUT2D eigenvalue weighted by molar-refractivity contribution is 5.77. The van der Waals surface area contributed by atoms with Gasteiger partial charge in [0.2, 0.25) is 0 Å². The van der Waals surface area contributed by atoms with Crippen molar-refractivity contribution in [2.75, 3.05) is 13.2 Å². The molecule has 0 atom stereocenters. The number of rotatable bonds is 4. The highest BCUT2D eigenvalue weighted by atomic mass is 19.1. The van der Waals surface area contributed by atoms with Gasteiger partial charge < -0.3 is 10.1 Å². The van der Waals surface area contributed by atoms with Gasteiger partial charge in [-0.1, -0.05) is 0 Å². The molecule has 0 aliphatic rings. The number of amides is 1. The molecule has 0 saturated carbocycles. The minimum atomic E-state index is -0.820. The number of hydrogen-bond donors (Lipinski definition) is 1. The zero-order valence-electron chi connectivity index (χ0n) is 8.22. The van der Waals surface area contributed by atoms with Crippen molar-refractivity contribution in [1.29, 1.82) is 0 Å². The molecule has 0 spiro atoms. The maximum absolute atomic E-state index is 13.0. The number of ether oxygens (including phenoxy) is 1. The molecule has 0 saturated heterocycles. The van der Waals surface area contributed by atoms with E-state index in [2.05, 4.69) is 5.32 Å². The van der Waals surface area contributed by atoms with E-state index in [1.54, 1.807) is 6.92 Å². The number of halogens is 2. The van der Waals surface area contributed by atoms with E-state index in [0.717, 1.165) is 12.1 Å². The second-order valence-corrected chi connectivity index (χ2v) is 2.82. The van der Waals surface area contributed by atoms with Crippen molar-refractivity contribution in [1.82, 2.24) is 5.32 Å². The molecule has 1 aromatic rings. The van der Waals surface area contributed by atoms with Gasteiger partial charge in [0.05, 0.1) is 0 Å². The van der Waals surface area contributed by atoms with Gasteiger partial charge in [-0.15, -0.1) is 0 Å². The molecule has 1 rings (SSSR count). The van der Waals surface area contributed by atoms with Gasteiger partial charge in [0.15, 0.2) is 18.2 Å². The van der Waals surface area contributed by atoms with Crippen LogP contribution in [0, 0.1) is 11.6 Å². The molecule has 0 aromatic heterocycles. The van der Waals surface area contributed by atoms with Crippen LogP contribution in [0.15, 0.2) is 18.2 Å². The maximum Gasteiger partial charge on any atom is 0.257 e. The Morgan fingerprint density at radius 3 is 2.80 bits per heavy atom. The first-order chi connectivity index (χ1) is 7.13. The summed E-state index contributed by atoms with van der Waals surface area (Å²) in [5.74, 6) is -1.99. The quantitative estimate of drug-likeness (QED) is 0.826. The van der Waals surface area contributed by atoms with Crippen molar-refractivity contribution < 1.29 is 18.3 Å². The third kappa shape index (κ3) is 3.53. The van der Waals surface area contributed by atoms with Crippen LogP contribution in [0.2, 0.25) is 0 Å². The third-order valence-corrected chi connectivity index (χ3v) is 1.63. The summed E-state index contributed by atoms with van der Waals surface area (Å²) < 4.78 is 30.3. The highest BCUT2D eigenvalue weighted by Gasteiger charge is 2.06. The first kappa shape index (κ1) is 11.4. The average molecular weight is 215 g/mol. The van der Waals surface area contributed by atoms with Gasteiger partial charge in [-0.05, 0) is 19.1 Å². The Morgan fingerprint density at radius 2 is 2.20 bits per heavy atom. The van der Waals surface area contributed by atoms with E-state index in [-0.39, 0.29) is 18.3 Å². The van der Waals surface area contributed by atoms with E-state index < -0.39 is 11.6 Å². The van der Waals surface area contributed by atoms with Crippen LogP contribution in [0.1, 0.15) is 6.92 Å². The van der Waals surface area contributed by atoms with E-state index in [9.17, 15) is 13.6 Å². The molecule has 3 nitrogen and oxygen atoms in total. The molecular weight excluding hydrogens is 204 g/mol. The summed E-state index contributed by atoms with van der Waals surface area (Å²) in [5, 5.41) is 2.49. The Bertz CT molecular complexity index is 355. The summed E-state index contributed by atoms with van der Waals surface area (Å²) in [6.45, 7) is 1.96. The van der Waals surface area contributed by atoms with Crippen LogP contribution in [-0.2, 0) is 4.79 Å². The lowest BCUT2D eigenvalue weighted by Gasteiger charge is -2.06. The van der Waals surface area contributed by atoms with Crippen molar-refractivity contribution in [2.45, 2.75) is 6.92 Å². The van der Waals surface area contributed by atoms with Crippen molar-refractivity contribution in [2.24, 2.45) is 0 Å². The summed E-state index contributed by atoms with van der Waals surface area (Å²) >= 11 is 0. The molecule has 0 unspecified atom stereocenters. The first-order valence-corrected chi connectivity index (χ1v) is 4.48. The number of likely N-dealkylation sites (N-methyl/N-ethyl adjacent to an activating group) is 1. The van der Waals surface area contributed by atoms with Crippen LogP contribution in [0.3, 0.4) is 0 Å². The molecule has 1 amide bonds. The summed E-state index contributed by atoms with van der Waals surface area (Å²) in [4.78, 5) is 11.0. The van der Waals surface area contributed by atoms with E-state index in [4.69, 9.17) is 4.74 Å². The largest absolute Gasteiger partial charge is 0.481 e. The summed E-state index contributed by atoms with van der Waals surface area (Å²) in [6.07, 6.45) is 0. The molecule has 0 heterocycles. The van der Waals surface area contributed by atoms with Gasteiger partial charge in [0.1, 0.15) is 5.82 Å². The Balaban J connectivity index is 2.54. The van der Waals surface area contributed by atoms with E-state index in [1.807, 2.05) is 0 Å². The lowest BCUT2D eigenvalue weighted by atomic mass is 10.3. The lowest BCUT2D eigenvalue weighted by molar-refractivity contribution is -0.123. The van der Waals surface area contributed by atoms with Crippen molar-refractivity contribution in [3.05, 3.63) is 29.8 Å². The monoisotopic (exact) mass is 215 g/mol. The molecule has 0 aliphatic carbocycles. The van der Waals surface area contributed by atoms with Gasteiger partial charge in [-0.3, -0.25) is 4.79 Å². The fourth-order valence-electron chi connectivity index (χ4n) is 0.984. The second-order valence-electron chi connectivity index (χ2n) is 2.82. The van der Waals surface area contributed by atoms with Crippen LogP contribution in [0.5, 0.6) is 5.75 Å². The van der Waals surface area contributed by atoms with E-state index >= 15 is 0 Å². The SMILES string of the molecule is CCNC(=O)COc1ccc(F)cc1F. The second kappa shape index (κ2) is 5.29. The Kier molecular flexibility index (Phi) is 4.03. The predicted molar refractivity (Wildman–Crippen MR) is 50.5 cm³/mol. The Hall–Kier alpha value is -1.65. The number of carbonyl (C=O) groups is 1. The fraction of sp³-hybridized carbons (Fsp3) is 0.300. The van der Waals surface area contributed by atoms with Crippen LogP contribution in [-0.4, -0.2) is 19.1 Å². The average Bonchev–Trinajstić information content (AvgIpc) is 2.17. The number of benzene rings is 1. The minimum absolute atomic E-state index is 0.136. The van der Waals surface area contributed by atoms with Gasteiger partial charge in [0, 0.05) is 12.6 Å². The topological polar surface area (TPSA) is 38.3 Å². The standard InChI is InChI=1S/C10H11F2NO2/c1-2-13-10(14)6-15-9-4-3-7(11)5-8(9)12/h3-5H,2,6H2,1H3,(H,13,14). The first-order valence-electron chi connectivity index (χ1n) is 4.48. The molecule has 1 N–H and O–H groups in total. The van der Waals surface area contributed by atoms with Crippen LogP contribution < -0.4 is 10.1 Å². The van der Waals surface area contributed by atoms with Crippen molar-refractivity contribution >= 4 is 5.91 Å². The lowest BCUT2D eigenvalue weighted by Crippen LogP contribution is -2.28. The van der Waals surface area contributed by atoms with Gasteiger partial charge >= 0.3 is 0 Å². The normalized spacial score (nSPS) is 9.80. The predicted octanol–water partition coefficient (Wildman–Crippen LogP) is 1.48. The van der Waals surface area contributed by atoms with Crippen LogP contribution in [0.4, 0.5) is 8.78 Å². The Labute approximate surface area is 86.0 Å². The zero-order valence-corrected chi connectivity index (χ0v) is 8.22. The number of carbonyl (C=O) groups excluding carboxylic acids is 1. The minimum Gasteiger partial charge on any atom is -0.481 e. The summed E-state index contributed by atoms with van der Waals surface area (Å²) in [7, 11) is 0. The molecule has 0 fully saturated rings. The van der Waals surface area contributed by atoms with Gasteiger partial charge in [-0.2, -0.15) is 0 Å². The number of nitrogens with one attached hydrogen (secondary N) is 1. The molecule has 5 heteroatoms. The summed E-state index contributed by atoms with van der Waals surface area (Å²) in [6, 6.07) is 2.91. The van der Waals surface area contributed by atoms with Crippen LogP contribution >= 0.6 is 0 Å². The smallest absolute Gasteiger partial charge is 0.257 e. The van der Waals surface area contributed by atoms with Gasteiger partial charge in [0.25, 0.3) is 5.91 Å². The Morgan fingerprint density at radius 1 is 1.47 bits per heavy atom. The molecule has 82 valence electrons. The van der Waals surface area contributed by atoms with Crippen molar-refractivity contribution in [3.63, 3.8) is 0 Å². The van der Waals surface area contributed by atoms with Gasteiger partial charge in [-0.25, -0.2) is 8.78 Å². The maximum atomic E-state index is 13.0. The zero-order chi connectivity index (χ0) is 11.3. The molecule has 1 aromatic carbocycles.